The molecule has 3 N–H and O–H groups in total. The van der Waals surface area contributed by atoms with Gasteiger partial charge in [-0.3, -0.25) is 4.79 Å². The fraction of sp³-hybridized carbons (Fsp3) is 0.611. The first kappa shape index (κ1) is 14.6. The summed E-state index contributed by atoms with van der Waals surface area (Å²) in [7, 11) is 0. The van der Waals surface area contributed by atoms with E-state index in [1.807, 2.05) is 6.92 Å². The SMILES string of the molecule is CC1(N)CCCCC1C(=O)NCC1CCc2ccccc21. The number of hydrogen-bond acceptors (Lipinski definition) is 2. The van der Waals surface area contributed by atoms with E-state index in [0.717, 1.165) is 45.1 Å². The molecule has 2 aliphatic rings. The zero-order chi connectivity index (χ0) is 14.9. The summed E-state index contributed by atoms with van der Waals surface area (Å²) in [4.78, 5) is 12.5. The highest BCUT2D eigenvalue weighted by Crippen LogP contribution is 2.34. The van der Waals surface area contributed by atoms with Gasteiger partial charge in [-0.05, 0) is 43.7 Å². The molecule has 3 atom stereocenters. The number of nitrogens with one attached hydrogen (secondary N) is 1. The third-order valence-electron chi connectivity index (χ3n) is 5.35. The van der Waals surface area contributed by atoms with Gasteiger partial charge < -0.3 is 11.1 Å². The average Bonchev–Trinajstić information content (AvgIpc) is 2.87. The van der Waals surface area contributed by atoms with E-state index in [1.165, 1.54) is 11.1 Å². The lowest BCUT2D eigenvalue weighted by Crippen LogP contribution is -2.53. The first-order valence-corrected chi connectivity index (χ1v) is 8.22. The van der Waals surface area contributed by atoms with Crippen LogP contribution in [-0.2, 0) is 11.2 Å². The molecule has 0 aromatic heterocycles. The summed E-state index contributed by atoms with van der Waals surface area (Å²) in [5, 5.41) is 3.17. The summed E-state index contributed by atoms with van der Waals surface area (Å²) in [6, 6.07) is 8.60. The van der Waals surface area contributed by atoms with E-state index in [4.69, 9.17) is 5.73 Å². The maximum atomic E-state index is 12.5. The molecular formula is C18H26N2O. The lowest BCUT2D eigenvalue weighted by molar-refractivity contribution is -0.128. The van der Waals surface area contributed by atoms with E-state index in [9.17, 15) is 4.79 Å². The highest BCUT2D eigenvalue weighted by Gasteiger charge is 2.38. The number of amides is 1. The molecule has 1 amide bonds. The molecule has 2 aliphatic carbocycles. The Morgan fingerprint density at radius 3 is 2.95 bits per heavy atom. The van der Waals surface area contributed by atoms with Gasteiger partial charge in [0, 0.05) is 18.0 Å². The number of rotatable bonds is 3. The standard InChI is InChI=1S/C18H26N2O/c1-18(19)11-5-4-8-16(18)17(21)20-12-14-10-9-13-6-2-3-7-15(13)14/h2-3,6-7,14,16H,4-5,8-12,19H2,1H3,(H,20,21). The maximum absolute atomic E-state index is 12.5. The number of fused-ring (bicyclic) bond motifs is 1. The van der Waals surface area contributed by atoms with Crippen molar-refractivity contribution >= 4 is 5.91 Å². The number of hydrogen-bond donors (Lipinski definition) is 2. The lowest BCUT2D eigenvalue weighted by atomic mass is 9.74. The minimum atomic E-state index is -0.337. The van der Waals surface area contributed by atoms with Gasteiger partial charge in [-0.15, -0.1) is 0 Å². The second-order valence-electron chi connectivity index (χ2n) is 6.98. The molecule has 0 spiro atoms. The first-order valence-electron chi connectivity index (χ1n) is 8.22. The average molecular weight is 286 g/mol. The lowest BCUT2D eigenvalue weighted by Gasteiger charge is -2.37. The van der Waals surface area contributed by atoms with E-state index in [2.05, 4.69) is 29.6 Å². The third-order valence-corrected chi connectivity index (χ3v) is 5.35. The Balaban J connectivity index is 1.60. The molecule has 1 fully saturated rings. The number of aryl methyl sites for hydroxylation is 1. The zero-order valence-corrected chi connectivity index (χ0v) is 12.9. The van der Waals surface area contributed by atoms with Crippen LogP contribution in [0.1, 0.15) is 56.1 Å². The molecular weight excluding hydrogens is 260 g/mol. The van der Waals surface area contributed by atoms with E-state index in [0.29, 0.717) is 5.92 Å². The van der Waals surface area contributed by atoms with Crippen LogP contribution in [0, 0.1) is 5.92 Å². The highest BCUT2D eigenvalue weighted by atomic mass is 16.1. The van der Waals surface area contributed by atoms with Crippen LogP contribution in [0.2, 0.25) is 0 Å². The van der Waals surface area contributed by atoms with Crippen LogP contribution in [0.5, 0.6) is 0 Å². The molecule has 0 aliphatic heterocycles. The van der Waals surface area contributed by atoms with Gasteiger partial charge >= 0.3 is 0 Å². The van der Waals surface area contributed by atoms with Crippen molar-refractivity contribution in [2.45, 2.75) is 56.9 Å². The first-order chi connectivity index (χ1) is 10.1. The number of carbonyl (C=O) groups is 1. The smallest absolute Gasteiger partial charge is 0.224 e. The van der Waals surface area contributed by atoms with E-state index >= 15 is 0 Å². The van der Waals surface area contributed by atoms with Crippen molar-refractivity contribution in [3.05, 3.63) is 35.4 Å². The second-order valence-corrected chi connectivity index (χ2v) is 6.98. The molecule has 0 bridgehead atoms. The number of carbonyl (C=O) groups excluding carboxylic acids is 1. The Bertz CT molecular complexity index is 524. The maximum Gasteiger partial charge on any atom is 0.224 e. The largest absolute Gasteiger partial charge is 0.355 e. The van der Waals surface area contributed by atoms with Crippen LogP contribution in [0.4, 0.5) is 0 Å². The molecule has 3 nitrogen and oxygen atoms in total. The molecule has 0 radical (unpaired) electrons. The number of benzene rings is 1. The van der Waals surface area contributed by atoms with Crippen LogP contribution in [-0.4, -0.2) is 18.0 Å². The number of nitrogens with two attached hydrogens (primary N) is 1. The Kier molecular flexibility index (Phi) is 4.03. The zero-order valence-electron chi connectivity index (χ0n) is 12.9. The molecule has 3 heteroatoms. The van der Waals surface area contributed by atoms with Gasteiger partial charge in [0.05, 0.1) is 5.92 Å². The Hall–Kier alpha value is -1.35. The molecule has 1 aromatic carbocycles. The molecule has 21 heavy (non-hydrogen) atoms. The van der Waals surface area contributed by atoms with Crippen molar-refractivity contribution in [1.29, 1.82) is 0 Å². The molecule has 1 aromatic rings. The van der Waals surface area contributed by atoms with Crippen LogP contribution in [0.15, 0.2) is 24.3 Å². The molecule has 3 rings (SSSR count). The minimum absolute atomic E-state index is 0.0251. The summed E-state index contributed by atoms with van der Waals surface area (Å²) >= 11 is 0. The third kappa shape index (κ3) is 2.98. The Morgan fingerprint density at radius 2 is 2.14 bits per heavy atom. The Morgan fingerprint density at radius 1 is 1.33 bits per heavy atom. The monoisotopic (exact) mass is 286 g/mol. The summed E-state index contributed by atoms with van der Waals surface area (Å²) < 4.78 is 0. The van der Waals surface area contributed by atoms with Crippen molar-refractivity contribution in [3.8, 4) is 0 Å². The van der Waals surface area contributed by atoms with Crippen molar-refractivity contribution in [2.75, 3.05) is 6.54 Å². The fourth-order valence-electron chi connectivity index (χ4n) is 3.99. The summed E-state index contributed by atoms with van der Waals surface area (Å²) in [6.45, 7) is 2.78. The fourth-order valence-corrected chi connectivity index (χ4v) is 3.99. The van der Waals surface area contributed by atoms with Crippen LogP contribution in [0.25, 0.3) is 0 Å². The quantitative estimate of drug-likeness (QED) is 0.897. The van der Waals surface area contributed by atoms with Crippen LogP contribution < -0.4 is 11.1 Å². The summed E-state index contributed by atoms with van der Waals surface area (Å²) in [6.07, 6.45) is 6.43. The van der Waals surface area contributed by atoms with Gasteiger partial charge in [0.1, 0.15) is 0 Å². The Labute approximate surface area is 127 Å². The molecule has 0 saturated heterocycles. The van der Waals surface area contributed by atoms with Gasteiger partial charge in [0.25, 0.3) is 0 Å². The van der Waals surface area contributed by atoms with Crippen molar-refractivity contribution in [3.63, 3.8) is 0 Å². The van der Waals surface area contributed by atoms with Gasteiger partial charge in [0.2, 0.25) is 5.91 Å². The molecule has 1 saturated carbocycles. The summed E-state index contributed by atoms with van der Waals surface area (Å²) in [5.41, 5.74) is 8.84. The van der Waals surface area contributed by atoms with Crippen LogP contribution >= 0.6 is 0 Å². The van der Waals surface area contributed by atoms with Crippen LogP contribution in [0.3, 0.4) is 0 Å². The molecule has 3 unspecified atom stereocenters. The highest BCUT2D eigenvalue weighted by molar-refractivity contribution is 5.80. The van der Waals surface area contributed by atoms with Gasteiger partial charge in [0.15, 0.2) is 0 Å². The second kappa shape index (κ2) is 5.80. The van der Waals surface area contributed by atoms with Crippen molar-refractivity contribution in [2.24, 2.45) is 11.7 Å². The predicted octanol–water partition coefficient (Wildman–Crippen LogP) is 2.74. The van der Waals surface area contributed by atoms with E-state index in [-0.39, 0.29) is 17.4 Å². The van der Waals surface area contributed by atoms with Crippen molar-refractivity contribution < 1.29 is 4.79 Å². The van der Waals surface area contributed by atoms with Gasteiger partial charge in [-0.2, -0.15) is 0 Å². The van der Waals surface area contributed by atoms with Gasteiger partial charge in [-0.25, -0.2) is 0 Å². The topological polar surface area (TPSA) is 55.1 Å². The molecule has 114 valence electrons. The summed E-state index contributed by atoms with van der Waals surface area (Å²) in [5.74, 6) is 0.602. The van der Waals surface area contributed by atoms with E-state index < -0.39 is 0 Å². The van der Waals surface area contributed by atoms with E-state index in [1.54, 1.807) is 0 Å². The predicted molar refractivity (Wildman–Crippen MR) is 85.1 cm³/mol. The van der Waals surface area contributed by atoms with Crippen molar-refractivity contribution in [1.82, 2.24) is 5.32 Å². The molecule has 0 heterocycles. The minimum Gasteiger partial charge on any atom is -0.355 e. The van der Waals surface area contributed by atoms with Gasteiger partial charge in [-0.1, -0.05) is 37.1 Å². The normalized spacial score (nSPS) is 31.7.